The number of benzene rings is 1. The molecule has 0 radical (unpaired) electrons. The standard InChI is InChI=1S/C16H19N3O3/c20-15(17-9-16(21)6-1-7-16)18-11-4-5-12-13(8-11)22-14(19-12)10-2-3-10/h4-5,8,10,21H,1-3,6-7,9H2,(H2,17,18,20). The number of anilines is 1. The maximum atomic E-state index is 11.9. The summed E-state index contributed by atoms with van der Waals surface area (Å²) in [5.74, 6) is 1.26. The van der Waals surface area contributed by atoms with Crippen molar-refractivity contribution in [2.45, 2.75) is 43.6 Å². The van der Waals surface area contributed by atoms with Gasteiger partial charge in [-0.05, 0) is 44.2 Å². The Morgan fingerprint density at radius 3 is 2.91 bits per heavy atom. The van der Waals surface area contributed by atoms with Crippen LogP contribution >= 0.6 is 0 Å². The molecule has 6 heteroatoms. The SMILES string of the molecule is O=C(NCC1(O)CCC1)Nc1ccc2nc(C3CC3)oc2c1. The molecule has 4 rings (SSSR count). The van der Waals surface area contributed by atoms with Gasteiger partial charge in [-0.1, -0.05) is 0 Å². The lowest BCUT2D eigenvalue weighted by Crippen LogP contribution is -2.48. The van der Waals surface area contributed by atoms with E-state index < -0.39 is 5.60 Å². The molecule has 0 unspecified atom stereocenters. The summed E-state index contributed by atoms with van der Waals surface area (Å²) in [7, 11) is 0. The van der Waals surface area contributed by atoms with Crippen LogP contribution in [0.3, 0.4) is 0 Å². The lowest BCUT2D eigenvalue weighted by molar-refractivity contribution is -0.0287. The number of fused-ring (bicyclic) bond motifs is 1. The van der Waals surface area contributed by atoms with Crippen LogP contribution in [-0.4, -0.2) is 28.3 Å². The topological polar surface area (TPSA) is 87.4 Å². The summed E-state index contributed by atoms with van der Waals surface area (Å²) in [6.45, 7) is 0.287. The Kier molecular flexibility index (Phi) is 3.07. The van der Waals surface area contributed by atoms with Gasteiger partial charge in [0.2, 0.25) is 0 Å². The van der Waals surface area contributed by atoms with Gasteiger partial charge in [0.15, 0.2) is 11.5 Å². The molecule has 1 aromatic heterocycles. The Hall–Kier alpha value is -2.08. The Bertz CT molecular complexity index is 716. The number of carbonyl (C=O) groups is 1. The normalized spacial score (nSPS) is 19.7. The molecule has 22 heavy (non-hydrogen) atoms. The van der Waals surface area contributed by atoms with Crippen LogP contribution in [0.1, 0.15) is 43.9 Å². The minimum atomic E-state index is -0.717. The van der Waals surface area contributed by atoms with Crippen molar-refractivity contribution >= 4 is 22.8 Å². The minimum absolute atomic E-state index is 0.287. The van der Waals surface area contributed by atoms with E-state index in [2.05, 4.69) is 15.6 Å². The monoisotopic (exact) mass is 301 g/mol. The van der Waals surface area contributed by atoms with E-state index in [-0.39, 0.29) is 12.6 Å². The number of nitrogens with zero attached hydrogens (tertiary/aromatic N) is 1. The van der Waals surface area contributed by atoms with E-state index in [4.69, 9.17) is 4.42 Å². The molecule has 3 N–H and O–H groups in total. The summed E-state index contributed by atoms with van der Waals surface area (Å²) in [6, 6.07) is 5.12. The maximum Gasteiger partial charge on any atom is 0.319 e. The fourth-order valence-electron chi connectivity index (χ4n) is 2.71. The van der Waals surface area contributed by atoms with E-state index in [1.165, 1.54) is 0 Å². The van der Waals surface area contributed by atoms with Crippen LogP contribution in [0.25, 0.3) is 11.1 Å². The average molecular weight is 301 g/mol. The molecule has 2 saturated carbocycles. The first kappa shape index (κ1) is 13.6. The van der Waals surface area contributed by atoms with Gasteiger partial charge in [-0.3, -0.25) is 0 Å². The molecule has 0 atom stereocenters. The van der Waals surface area contributed by atoms with Crippen LogP contribution in [0, 0.1) is 0 Å². The molecule has 2 aromatic rings. The van der Waals surface area contributed by atoms with Gasteiger partial charge < -0.3 is 20.2 Å². The number of amides is 2. The molecule has 2 aliphatic carbocycles. The second-order valence-corrected chi connectivity index (χ2v) is 6.39. The van der Waals surface area contributed by atoms with E-state index in [0.29, 0.717) is 17.2 Å². The fraction of sp³-hybridized carbons (Fsp3) is 0.500. The van der Waals surface area contributed by atoms with Gasteiger partial charge in [-0.25, -0.2) is 9.78 Å². The first-order chi connectivity index (χ1) is 10.6. The highest BCUT2D eigenvalue weighted by Gasteiger charge is 2.34. The zero-order valence-electron chi connectivity index (χ0n) is 12.3. The number of aliphatic hydroxyl groups is 1. The average Bonchev–Trinajstić information content (AvgIpc) is 3.23. The molecule has 2 amide bonds. The minimum Gasteiger partial charge on any atom is -0.440 e. The molecule has 6 nitrogen and oxygen atoms in total. The first-order valence-electron chi connectivity index (χ1n) is 7.79. The van der Waals surface area contributed by atoms with Gasteiger partial charge in [0.1, 0.15) is 5.52 Å². The first-order valence-corrected chi connectivity index (χ1v) is 7.79. The van der Waals surface area contributed by atoms with Gasteiger partial charge in [0, 0.05) is 24.2 Å². The zero-order valence-corrected chi connectivity index (χ0v) is 12.3. The van der Waals surface area contributed by atoms with Gasteiger partial charge in [0.25, 0.3) is 0 Å². The lowest BCUT2D eigenvalue weighted by Gasteiger charge is -2.36. The smallest absolute Gasteiger partial charge is 0.319 e. The summed E-state index contributed by atoms with van der Waals surface area (Å²) in [6.07, 6.45) is 4.81. The third-order valence-electron chi connectivity index (χ3n) is 4.45. The Balaban J connectivity index is 1.41. The molecule has 1 aromatic carbocycles. The van der Waals surface area contributed by atoms with Crippen LogP contribution in [0.15, 0.2) is 22.6 Å². The van der Waals surface area contributed by atoms with E-state index in [1.54, 1.807) is 12.1 Å². The largest absolute Gasteiger partial charge is 0.440 e. The second kappa shape index (κ2) is 4.98. The van der Waals surface area contributed by atoms with Gasteiger partial charge >= 0.3 is 6.03 Å². The Morgan fingerprint density at radius 2 is 2.23 bits per heavy atom. The van der Waals surface area contributed by atoms with Crippen LogP contribution in [0.4, 0.5) is 10.5 Å². The van der Waals surface area contributed by atoms with Gasteiger partial charge in [-0.2, -0.15) is 0 Å². The third kappa shape index (κ3) is 2.66. The molecular weight excluding hydrogens is 282 g/mol. The van der Waals surface area contributed by atoms with Crippen LogP contribution in [-0.2, 0) is 0 Å². The zero-order chi connectivity index (χ0) is 15.2. The van der Waals surface area contributed by atoms with Crippen LogP contribution in [0.2, 0.25) is 0 Å². The van der Waals surface area contributed by atoms with E-state index in [9.17, 15) is 9.90 Å². The van der Waals surface area contributed by atoms with Crippen molar-refractivity contribution in [1.29, 1.82) is 0 Å². The van der Waals surface area contributed by atoms with Crippen molar-refractivity contribution in [2.24, 2.45) is 0 Å². The number of nitrogens with one attached hydrogen (secondary N) is 2. The highest BCUT2D eigenvalue weighted by molar-refractivity contribution is 5.91. The Morgan fingerprint density at radius 1 is 1.41 bits per heavy atom. The van der Waals surface area contributed by atoms with Crippen molar-refractivity contribution in [2.75, 3.05) is 11.9 Å². The number of carbonyl (C=O) groups excluding carboxylic acids is 1. The van der Waals surface area contributed by atoms with Gasteiger partial charge in [-0.15, -0.1) is 0 Å². The Labute approximate surface area is 127 Å². The summed E-state index contributed by atoms with van der Waals surface area (Å²) < 4.78 is 5.73. The molecule has 0 bridgehead atoms. The number of urea groups is 1. The van der Waals surface area contributed by atoms with Crippen molar-refractivity contribution in [1.82, 2.24) is 10.3 Å². The van der Waals surface area contributed by atoms with E-state index in [0.717, 1.165) is 43.5 Å². The maximum absolute atomic E-state index is 11.9. The quantitative estimate of drug-likeness (QED) is 0.810. The summed E-state index contributed by atoms with van der Waals surface area (Å²) in [4.78, 5) is 16.3. The third-order valence-corrected chi connectivity index (χ3v) is 4.45. The van der Waals surface area contributed by atoms with Crippen molar-refractivity contribution in [3.8, 4) is 0 Å². The predicted molar refractivity (Wildman–Crippen MR) is 81.8 cm³/mol. The predicted octanol–water partition coefficient (Wildman–Crippen LogP) is 2.74. The summed E-state index contributed by atoms with van der Waals surface area (Å²) in [5.41, 5.74) is 1.45. The molecule has 2 fully saturated rings. The highest BCUT2D eigenvalue weighted by atomic mass is 16.3. The van der Waals surface area contributed by atoms with Crippen molar-refractivity contribution in [3.05, 3.63) is 24.1 Å². The number of oxazole rings is 1. The lowest BCUT2D eigenvalue weighted by atomic mass is 9.80. The van der Waals surface area contributed by atoms with Crippen molar-refractivity contribution < 1.29 is 14.3 Å². The van der Waals surface area contributed by atoms with Crippen molar-refractivity contribution in [3.63, 3.8) is 0 Å². The van der Waals surface area contributed by atoms with E-state index >= 15 is 0 Å². The highest BCUT2D eigenvalue weighted by Crippen LogP contribution is 2.40. The number of rotatable bonds is 4. The number of hydrogen-bond acceptors (Lipinski definition) is 4. The molecule has 0 saturated heterocycles. The molecule has 0 aliphatic heterocycles. The van der Waals surface area contributed by atoms with Crippen LogP contribution in [0.5, 0.6) is 0 Å². The molecular formula is C16H19N3O3. The van der Waals surface area contributed by atoms with Gasteiger partial charge in [0.05, 0.1) is 5.60 Å². The molecule has 116 valence electrons. The second-order valence-electron chi connectivity index (χ2n) is 6.39. The van der Waals surface area contributed by atoms with E-state index in [1.807, 2.05) is 6.07 Å². The molecule has 2 aliphatic rings. The number of hydrogen-bond donors (Lipinski definition) is 3. The summed E-state index contributed by atoms with van der Waals surface area (Å²) in [5, 5.41) is 15.4. The van der Waals surface area contributed by atoms with Crippen LogP contribution < -0.4 is 10.6 Å². The fourth-order valence-corrected chi connectivity index (χ4v) is 2.71. The summed E-state index contributed by atoms with van der Waals surface area (Å²) >= 11 is 0. The molecule has 0 spiro atoms. The molecule has 1 heterocycles. The number of aromatic nitrogens is 1.